The maximum atomic E-state index is 13.6. The number of halogens is 3. The Balaban J connectivity index is 1.06. The summed E-state index contributed by atoms with van der Waals surface area (Å²) in [6.45, 7) is 2.21. The molecule has 0 aliphatic heterocycles. The smallest absolute Gasteiger partial charge is 0.451 e. The molecule has 6 aliphatic carbocycles. The minimum atomic E-state index is -4.60. The summed E-state index contributed by atoms with van der Waals surface area (Å²) in [6, 6.07) is 0. The van der Waals surface area contributed by atoms with Gasteiger partial charge in [-0.1, -0.05) is 6.92 Å². The van der Waals surface area contributed by atoms with E-state index >= 15 is 0 Å². The summed E-state index contributed by atoms with van der Waals surface area (Å²) < 4.78 is 43.8. The fraction of sp³-hybridized carbons (Fsp3) is 0.821. The molecule has 1 aromatic rings. The van der Waals surface area contributed by atoms with E-state index in [2.05, 4.69) is 16.9 Å². The average molecular weight is 505 g/mol. The third-order valence-corrected chi connectivity index (χ3v) is 11.7. The molecule has 1 heterocycles. The highest BCUT2D eigenvalue weighted by Gasteiger charge is 2.67. The van der Waals surface area contributed by atoms with Crippen LogP contribution in [0.2, 0.25) is 0 Å². The number of hydrogen-bond donors (Lipinski definition) is 1. The van der Waals surface area contributed by atoms with E-state index in [1.165, 1.54) is 32.1 Å². The second kappa shape index (κ2) is 7.67. The fourth-order valence-electron chi connectivity index (χ4n) is 10.0. The Kier molecular flexibility index (Phi) is 4.99. The van der Waals surface area contributed by atoms with Gasteiger partial charge in [0.1, 0.15) is 6.61 Å². The van der Waals surface area contributed by atoms with Gasteiger partial charge in [-0.15, -0.1) is 0 Å². The van der Waals surface area contributed by atoms with Crippen molar-refractivity contribution in [2.75, 3.05) is 6.61 Å². The van der Waals surface area contributed by atoms with Crippen molar-refractivity contribution in [2.24, 2.45) is 58.7 Å². The first-order chi connectivity index (χ1) is 17.1. The van der Waals surface area contributed by atoms with Crippen LogP contribution in [0.15, 0.2) is 12.4 Å². The number of fused-ring (bicyclic) bond motifs is 8. The molecule has 0 amide bonds. The Morgan fingerprint density at radius 3 is 2.36 bits per heavy atom. The highest BCUT2D eigenvalue weighted by Crippen LogP contribution is 2.71. The van der Waals surface area contributed by atoms with Crippen LogP contribution in [-0.4, -0.2) is 33.1 Å². The third kappa shape index (κ3) is 3.48. The predicted molar refractivity (Wildman–Crippen MR) is 124 cm³/mol. The lowest BCUT2D eigenvalue weighted by Gasteiger charge is -2.60. The molecule has 6 saturated carbocycles. The molecule has 7 rings (SSSR count). The second-order valence-corrected chi connectivity index (χ2v) is 13.2. The van der Waals surface area contributed by atoms with E-state index in [0.717, 1.165) is 49.9 Å². The molecule has 8 heteroatoms. The van der Waals surface area contributed by atoms with E-state index in [-0.39, 0.29) is 35.1 Å². The first-order valence-electron chi connectivity index (χ1n) is 13.9. The summed E-state index contributed by atoms with van der Waals surface area (Å²) in [5.41, 5.74) is -0.378. The molecule has 0 spiro atoms. The van der Waals surface area contributed by atoms with Gasteiger partial charge in [-0.3, -0.25) is 4.79 Å². The zero-order chi connectivity index (χ0) is 25.0. The maximum absolute atomic E-state index is 13.6. The summed E-state index contributed by atoms with van der Waals surface area (Å²) in [6.07, 6.45) is 7.62. The lowest BCUT2D eigenvalue weighted by atomic mass is 9.45. The Hall–Kier alpha value is -1.70. The van der Waals surface area contributed by atoms with Crippen molar-refractivity contribution in [2.45, 2.75) is 76.5 Å². The lowest BCUT2D eigenvalue weighted by Crippen LogP contribution is -2.55. The number of rotatable bonds is 4. The van der Waals surface area contributed by atoms with Gasteiger partial charge in [-0.25, -0.2) is 9.97 Å². The number of ketones is 1. The quantitative estimate of drug-likeness (QED) is 0.601. The van der Waals surface area contributed by atoms with Crippen LogP contribution in [0.3, 0.4) is 0 Å². The minimum absolute atomic E-state index is 0.0300. The van der Waals surface area contributed by atoms with Gasteiger partial charge in [0.2, 0.25) is 5.82 Å². The first-order valence-corrected chi connectivity index (χ1v) is 13.9. The highest BCUT2D eigenvalue weighted by atomic mass is 19.4. The molecule has 196 valence electrons. The number of carbonyl (C=O) groups excluding carboxylic acids is 1. The Morgan fingerprint density at radius 1 is 1.00 bits per heavy atom. The van der Waals surface area contributed by atoms with Crippen molar-refractivity contribution in [1.82, 2.24) is 9.97 Å². The Bertz CT molecular complexity index is 1060. The number of carbonyl (C=O) groups is 1. The molecular weight excluding hydrogens is 469 g/mol. The predicted octanol–water partition coefficient (Wildman–Crippen LogP) is 5.32. The average Bonchev–Trinajstić information content (AvgIpc) is 3.75. The highest BCUT2D eigenvalue weighted by molar-refractivity contribution is 5.84. The lowest BCUT2D eigenvalue weighted by molar-refractivity contribution is -0.149. The van der Waals surface area contributed by atoms with Crippen LogP contribution in [0, 0.1) is 58.7 Å². The maximum Gasteiger partial charge on any atom is 0.451 e. The van der Waals surface area contributed by atoms with Crippen LogP contribution >= 0.6 is 0 Å². The number of aromatic nitrogens is 2. The van der Waals surface area contributed by atoms with Crippen molar-refractivity contribution < 1.29 is 27.8 Å². The molecule has 2 unspecified atom stereocenters. The van der Waals surface area contributed by atoms with Gasteiger partial charge in [0.25, 0.3) is 0 Å². The zero-order valence-corrected chi connectivity index (χ0v) is 20.7. The van der Waals surface area contributed by atoms with Gasteiger partial charge in [0.15, 0.2) is 11.5 Å². The molecule has 0 aromatic carbocycles. The Morgan fingerprint density at radius 2 is 1.67 bits per heavy atom. The molecule has 5 nitrogen and oxygen atoms in total. The monoisotopic (exact) mass is 504 g/mol. The van der Waals surface area contributed by atoms with Crippen LogP contribution in [0.25, 0.3) is 0 Å². The third-order valence-electron chi connectivity index (χ3n) is 11.7. The standard InChI is InChI=1S/C28H35F3N2O3/c1-26-6-4-16-17-5-7-27(35)10-22(27)19(17)3-2-18(16)21(26)9-14-8-20(14)24(26)23(34)13-36-15-11-32-25(33-12-15)28(29,30)31/h11-12,14,16-22,24,35H,2-10,13H2,1H3/t14?,16-,17-,18-,19+,20-,21+,22?,24-,26+,27+/m1/s1. The van der Waals surface area contributed by atoms with Gasteiger partial charge in [0.05, 0.1) is 18.0 Å². The van der Waals surface area contributed by atoms with E-state index in [4.69, 9.17) is 4.74 Å². The summed E-state index contributed by atoms with van der Waals surface area (Å²) >= 11 is 0. The van der Waals surface area contributed by atoms with Gasteiger partial charge in [-0.05, 0) is 111 Å². The molecule has 0 radical (unpaired) electrons. The van der Waals surface area contributed by atoms with Crippen molar-refractivity contribution in [3.8, 4) is 5.75 Å². The summed E-state index contributed by atoms with van der Waals surface area (Å²) in [7, 11) is 0. The molecule has 36 heavy (non-hydrogen) atoms. The molecule has 6 fully saturated rings. The van der Waals surface area contributed by atoms with Crippen LogP contribution < -0.4 is 4.74 Å². The fourth-order valence-corrected chi connectivity index (χ4v) is 10.0. The van der Waals surface area contributed by atoms with E-state index in [1.54, 1.807) is 0 Å². The molecule has 6 aliphatic rings. The van der Waals surface area contributed by atoms with E-state index in [0.29, 0.717) is 35.5 Å². The topological polar surface area (TPSA) is 72.3 Å². The molecular formula is C28H35F3N2O3. The molecule has 11 atom stereocenters. The van der Waals surface area contributed by atoms with E-state index in [1.807, 2.05) is 0 Å². The molecule has 0 bridgehead atoms. The zero-order valence-electron chi connectivity index (χ0n) is 20.7. The van der Waals surface area contributed by atoms with Crippen molar-refractivity contribution >= 4 is 5.78 Å². The van der Waals surface area contributed by atoms with Gasteiger partial charge in [0, 0.05) is 5.92 Å². The van der Waals surface area contributed by atoms with Crippen molar-refractivity contribution in [3.63, 3.8) is 0 Å². The number of nitrogens with zero attached hydrogens (tertiary/aromatic N) is 2. The SMILES string of the molecule is C[C@]12CC[C@@H]3[C@H]4CC[C@]5(O)CC5[C@H]4CC[C@H]3[C@@H]1CC1C[C@H]1[C@@H]2C(=O)COc1cnc(C(F)(F)F)nc1. The van der Waals surface area contributed by atoms with Crippen LogP contribution in [0.5, 0.6) is 5.75 Å². The Labute approximate surface area is 209 Å². The van der Waals surface area contributed by atoms with Gasteiger partial charge in [-0.2, -0.15) is 13.2 Å². The number of ether oxygens (including phenoxy) is 1. The summed E-state index contributed by atoms with van der Waals surface area (Å²) in [4.78, 5) is 20.3. The minimum Gasteiger partial charge on any atom is -0.483 e. The summed E-state index contributed by atoms with van der Waals surface area (Å²) in [5.74, 6) is 3.94. The first kappa shape index (κ1) is 23.4. The van der Waals surface area contributed by atoms with Crippen molar-refractivity contribution in [1.29, 1.82) is 0 Å². The number of aliphatic hydroxyl groups is 1. The number of hydrogen-bond acceptors (Lipinski definition) is 5. The number of Topliss-reactive ketones (excluding diaryl/α,β-unsaturated/α-hetero) is 1. The normalized spacial score (nSPS) is 48.4. The molecule has 1 N–H and O–H groups in total. The van der Waals surface area contributed by atoms with Crippen molar-refractivity contribution in [3.05, 3.63) is 18.2 Å². The van der Waals surface area contributed by atoms with Gasteiger partial charge < -0.3 is 9.84 Å². The van der Waals surface area contributed by atoms with Crippen LogP contribution in [0.1, 0.15) is 70.5 Å². The van der Waals surface area contributed by atoms with E-state index < -0.39 is 12.0 Å². The van der Waals surface area contributed by atoms with E-state index in [9.17, 15) is 23.1 Å². The molecule has 0 saturated heterocycles. The van der Waals surface area contributed by atoms with Gasteiger partial charge >= 0.3 is 6.18 Å². The van der Waals surface area contributed by atoms with Crippen LogP contribution in [-0.2, 0) is 11.0 Å². The number of alkyl halides is 3. The largest absolute Gasteiger partial charge is 0.483 e. The second-order valence-electron chi connectivity index (χ2n) is 13.2. The molecule has 1 aromatic heterocycles. The summed E-state index contributed by atoms with van der Waals surface area (Å²) in [5, 5.41) is 10.7. The van der Waals surface area contributed by atoms with Crippen LogP contribution in [0.4, 0.5) is 13.2 Å².